The number of carbonyl (C=O) groups excluding carboxylic acids is 1. The third-order valence-electron chi connectivity index (χ3n) is 4.64. The highest BCUT2D eigenvalue weighted by molar-refractivity contribution is 5.96. The Morgan fingerprint density at radius 1 is 1.16 bits per heavy atom. The molecule has 162 valence electrons. The van der Waals surface area contributed by atoms with Crippen molar-refractivity contribution in [2.24, 2.45) is 5.10 Å². The van der Waals surface area contributed by atoms with E-state index in [-0.39, 0.29) is 5.82 Å². The minimum Gasteiger partial charge on any atom is -0.478 e. The molecule has 0 saturated carbocycles. The summed E-state index contributed by atoms with van der Waals surface area (Å²) in [7, 11) is 0. The number of nitrogens with zero attached hydrogens (tertiary/aromatic N) is 2. The monoisotopic (exact) mass is 426 g/mol. The van der Waals surface area contributed by atoms with Gasteiger partial charge in [0.05, 0.1) is 30.8 Å². The molecule has 2 aromatic carbocycles. The maximum absolute atomic E-state index is 13.0. The van der Waals surface area contributed by atoms with Crippen molar-refractivity contribution in [3.8, 4) is 0 Å². The Balaban J connectivity index is 1.77. The van der Waals surface area contributed by atoms with Gasteiger partial charge in [-0.3, -0.25) is 0 Å². The quantitative estimate of drug-likeness (QED) is 0.374. The van der Waals surface area contributed by atoms with Gasteiger partial charge in [-0.2, -0.15) is 5.10 Å². The van der Waals surface area contributed by atoms with E-state index >= 15 is 0 Å². The SMILES string of the molecule is C/C(=C\C(=O)O)c1ccc(N2CCOCC2)c(NC(=O)N/N=C/c2ccc(F)cc2)c1. The van der Waals surface area contributed by atoms with E-state index in [0.29, 0.717) is 48.7 Å². The van der Waals surface area contributed by atoms with Gasteiger partial charge in [0.1, 0.15) is 5.82 Å². The fraction of sp³-hybridized carbons (Fsp3) is 0.227. The fourth-order valence-electron chi connectivity index (χ4n) is 3.09. The number of allylic oxidation sites excluding steroid dienone is 1. The molecule has 0 unspecified atom stereocenters. The van der Waals surface area contributed by atoms with E-state index in [1.54, 1.807) is 13.0 Å². The van der Waals surface area contributed by atoms with Crippen molar-refractivity contribution in [3.63, 3.8) is 0 Å². The Bertz CT molecular complexity index is 999. The number of aliphatic carboxylic acids is 1. The van der Waals surface area contributed by atoms with Gasteiger partial charge in [-0.1, -0.05) is 18.2 Å². The van der Waals surface area contributed by atoms with Crippen molar-refractivity contribution in [1.29, 1.82) is 0 Å². The predicted octanol–water partition coefficient (Wildman–Crippen LogP) is 3.31. The van der Waals surface area contributed by atoms with Crippen molar-refractivity contribution in [3.05, 3.63) is 65.5 Å². The highest BCUT2D eigenvalue weighted by atomic mass is 19.1. The molecular weight excluding hydrogens is 403 g/mol. The average Bonchev–Trinajstić information content (AvgIpc) is 2.75. The van der Waals surface area contributed by atoms with E-state index in [0.717, 1.165) is 11.8 Å². The molecule has 31 heavy (non-hydrogen) atoms. The van der Waals surface area contributed by atoms with Crippen LogP contribution in [0.3, 0.4) is 0 Å². The van der Waals surface area contributed by atoms with Gasteiger partial charge in [-0.15, -0.1) is 0 Å². The first kappa shape index (κ1) is 22.0. The second kappa shape index (κ2) is 10.4. The molecule has 0 aromatic heterocycles. The number of rotatable bonds is 6. The highest BCUT2D eigenvalue weighted by Crippen LogP contribution is 2.30. The van der Waals surface area contributed by atoms with Gasteiger partial charge in [-0.05, 0) is 47.9 Å². The largest absolute Gasteiger partial charge is 0.478 e. The molecule has 9 heteroatoms. The molecule has 0 spiro atoms. The van der Waals surface area contributed by atoms with Crippen molar-refractivity contribution in [1.82, 2.24) is 5.43 Å². The number of benzene rings is 2. The zero-order valence-corrected chi connectivity index (χ0v) is 17.0. The number of hydrogen-bond acceptors (Lipinski definition) is 5. The number of anilines is 2. The van der Waals surface area contributed by atoms with Crippen LogP contribution in [0.15, 0.2) is 53.6 Å². The number of urea groups is 1. The van der Waals surface area contributed by atoms with Crippen LogP contribution in [0.25, 0.3) is 5.57 Å². The molecular formula is C22H23FN4O4. The van der Waals surface area contributed by atoms with Crippen LogP contribution in [-0.2, 0) is 9.53 Å². The smallest absolute Gasteiger partial charge is 0.339 e. The van der Waals surface area contributed by atoms with Gasteiger partial charge < -0.3 is 20.1 Å². The van der Waals surface area contributed by atoms with E-state index in [1.807, 2.05) is 12.1 Å². The summed E-state index contributed by atoms with van der Waals surface area (Å²) in [5, 5.41) is 15.7. The first-order valence-electron chi connectivity index (χ1n) is 9.66. The third-order valence-corrected chi connectivity index (χ3v) is 4.64. The standard InChI is InChI=1S/C22H23FN4O4/c1-15(12-21(28)29)17-4-7-20(27-8-10-31-11-9-27)19(13-17)25-22(30)26-24-14-16-2-5-18(23)6-3-16/h2-7,12-14H,8-11H2,1H3,(H,28,29)(H2,25,26,30)/b15-12+,24-14+. The molecule has 2 amide bonds. The number of ether oxygens (including phenoxy) is 1. The summed E-state index contributed by atoms with van der Waals surface area (Å²) in [5.74, 6) is -1.40. The van der Waals surface area contributed by atoms with Gasteiger partial charge in [0.25, 0.3) is 0 Å². The van der Waals surface area contributed by atoms with Gasteiger partial charge in [0.2, 0.25) is 0 Å². The topological polar surface area (TPSA) is 103 Å². The number of amides is 2. The van der Waals surface area contributed by atoms with E-state index in [1.165, 1.54) is 30.5 Å². The molecule has 0 bridgehead atoms. The van der Waals surface area contributed by atoms with Gasteiger partial charge in [0, 0.05) is 19.2 Å². The van der Waals surface area contributed by atoms with Crippen LogP contribution in [0, 0.1) is 5.82 Å². The Labute approximate surface area is 179 Å². The minimum absolute atomic E-state index is 0.356. The van der Waals surface area contributed by atoms with E-state index in [2.05, 4.69) is 20.7 Å². The van der Waals surface area contributed by atoms with Crippen LogP contribution in [0.4, 0.5) is 20.6 Å². The summed E-state index contributed by atoms with van der Waals surface area (Å²) in [6.45, 7) is 4.18. The molecule has 1 aliphatic heterocycles. The molecule has 0 atom stereocenters. The van der Waals surface area contributed by atoms with Crippen LogP contribution in [-0.4, -0.2) is 49.6 Å². The summed E-state index contributed by atoms with van der Waals surface area (Å²) in [6, 6.07) is 10.5. The van der Waals surface area contributed by atoms with Gasteiger partial charge in [-0.25, -0.2) is 19.4 Å². The number of carboxylic acid groups (broad SMARTS) is 1. The molecule has 3 rings (SSSR count). The summed E-state index contributed by atoms with van der Waals surface area (Å²) in [4.78, 5) is 25.5. The fourth-order valence-corrected chi connectivity index (χ4v) is 3.09. The lowest BCUT2D eigenvalue weighted by Gasteiger charge is -2.30. The molecule has 1 aliphatic rings. The minimum atomic E-state index is -1.04. The second-order valence-electron chi connectivity index (χ2n) is 6.87. The lowest BCUT2D eigenvalue weighted by molar-refractivity contribution is -0.131. The van der Waals surface area contributed by atoms with Crippen molar-refractivity contribution in [2.45, 2.75) is 6.92 Å². The number of nitrogens with one attached hydrogen (secondary N) is 2. The Morgan fingerprint density at radius 3 is 2.55 bits per heavy atom. The Kier molecular flexibility index (Phi) is 7.34. The molecule has 8 nitrogen and oxygen atoms in total. The van der Waals surface area contributed by atoms with E-state index in [4.69, 9.17) is 9.84 Å². The molecule has 1 heterocycles. The van der Waals surface area contributed by atoms with Crippen molar-refractivity contribution >= 4 is 35.2 Å². The zero-order valence-electron chi connectivity index (χ0n) is 17.0. The molecule has 0 aliphatic carbocycles. The number of hydrazone groups is 1. The average molecular weight is 426 g/mol. The molecule has 3 N–H and O–H groups in total. The van der Waals surface area contributed by atoms with E-state index < -0.39 is 12.0 Å². The Hall–Kier alpha value is -3.72. The third kappa shape index (κ3) is 6.38. The number of morpholine rings is 1. The first-order valence-corrected chi connectivity index (χ1v) is 9.66. The van der Waals surface area contributed by atoms with Gasteiger partial charge in [0.15, 0.2) is 0 Å². The number of halogens is 1. The van der Waals surface area contributed by atoms with Crippen molar-refractivity contribution < 1.29 is 23.8 Å². The second-order valence-corrected chi connectivity index (χ2v) is 6.87. The zero-order chi connectivity index (χ0) is 22.2. The Morgan fingerprint density at radius 2 is 1.87 bits per heavy atom. The number of hydrogen-bond donors (Lipinski definition) is 3. The van der Waals surface area contributed by atoms with Gasteiger partial charge >= 0.3 is 12.0 Å². The van der Waals surface area contributed by atoms with E-state index in [9.17, 15) is 14.0 Å². The van der Waals surface area contributed by atoms with Crippen molar-refractivity contribution in [2.75, 3.05) is 36.5 Å². The van der Waals surface area contributed by atoms with Crippen LogP contribution in [0.5, 0.6) is 0 Å². The van der Waals surface area contributed by atoms with Crippen LogP contribution in [0.1, 0.15) is 18.1 Å². The molecule has 0 radical (unpaired) electrons. The van der Waals surface area contributed by atoms with Crippen LogP contribution < -0.4 is 15.6 Å². The molecule has 2 aromatic rings. The number of carboxylic acids is 1. The summed E-state index contributed by atoms with van der Waals surface area (Å²) >= 11 is 0. The molecule has 1 saturated heterocycles. The summed E-state index contributed by atoms with van der Waals surface area (Å²) < 4.78 is 18.3. The highest BCUT2D eigenvalue weighted by Gasteiger charge is 2.17. The predicted molar refractivity (Wildman–Crippen MR) is 117 cm³/mol. The maximum atomic E-state index is 13.0. The normalized spacial score (nSPS) is 14.5. The maximum Gasteiger partial charge on any atom is 0.339 e. The van der Waals surface area contributed by atoms with Crippen LogP contribution >= 0.6 is 0 Å². The lowest BCUT2D eigenvalue weighted by Crippen LogP contribution is -2.37. The number of carbonyl (C=O) groups is 2. The summed E-state index contributed by atoms with van der Waals surface area (Å²) in [5.41, 5.74) is 5.56. The molecule has 1 fully saturated rings. The summed E-state index contributed by atoms with van der Waals surface area (Å²) in [6.07, 6.45) is 2.51. The van der Waals surface area contributed by atoms with Crippen LogP contribution in [0.2, 0.25) is 0 Å². The first-order chi connectivity index (χ1) is 14.9. The lowest BCUT2D eigenvalue weighted by atomic mass is 10.0.